The predicted molar refractivity (Wildman–Crippen MR) is 74.5 cm³/mol. The molecule has 0 saturated carbocycles. The van der Waals surface area contributed by atoms with Crippen molar-refractivity contribution in [2.24, 2.45) is 0 Å². The summed E-state index contributed by atoms with van der Waals surface area (Å²) in [5.41, 5.74) is 0.620. The van der Waals surface area contributed by atoms with Gasteiger partial charge in [0.05, 0.1) is 20.3 Å². The first-order valence-electron chi connectivity index (χ1n) is 6.18. The summed E-state index contributed by atoms with van der Waals surface area (Å²) < 4.78 is 16.1. The minimum Gasteiger partial charge on any atom is -0.496 e. The van der Waals surface area contributed by atoms with Gasteiger partial charge >= 0.3 is 0 Å². The number of aliphatic hydroxyl groups is 1. The molecule has 20 heavy (non-hydrogen) atoms. The van der Waals surface area contributed by atoms with Crippen LogP contribution >= 0.6 is 0 Å². The van der Waals surface area contributed by atoms with Gasteiger partial charge in [-0.3, -0.25) is 0 Å². The highest BCUT2D eigenvalue weighted by molar-refractivity contribution is 5.44. The Bertz CT molecular complexity index is 562. The Hall–Kier alpha value is -2.27. The fourth-order valence-electron chi connectivity index (χ4n) is 1.76. The summed E-state index contributed by atoms with van der Waals surface area (Å²) in [4.78, 5) is 4.14. The van der Waals surface area contributed by atoms with E-state index < -0.39 is 6.10 Å². The van der Waals surface area contributed by atoms with Crippen molar-refractivity contribution in [3.8, 4) is 23.1 Å². The van der Waals surface area contributed by atoms with Crippen LogP contribution in [-0.4, -0.2) is 24.3 Å². The first kappa shape index (κ1) is 14.1. The number of pyridine rings is 1. The zero-order valence-electron chi connectivity index (χ0n) is 11.7. The van der Waals surface area contributed by atoms with Crippen molar-refractivity contribution in [1.82, 2.24) is 4.98 Å². The topological polar surface area (TPSA) is 60.8 Å². The van der Waals surface area contributed by atoms with E-state index in [1.165, 1.54) is 0 Å². The van der Waals surface area contributed by atoms with Gasteiger partial charge in [0.1, 0.15) is 17.2 Å². The minimum atomic E-state index is -0.661. The molecule has 1 aromatic carbocycles. The molecule has 0 aliphatic carbocycles. The van der Waals surface area contributed by atoms with Gasteiger partial charge in [-0.2, -0.15) is 0 Å². The summed E-state index contributed by atoms with van der Waals surface area (Å²) in [6.45, 7) is 1.66. The lowest BCUT2D eigenvalue weighted by molar-refractivity contribution is 0.194. The Kier molecular flexibility index (Phi) is 4.42. The molecule has 0 bridgehead atoms. The number of methoxy groups -OCH3 is 2. The number of aromatic nitrogens is 1. The number of hydrogen-bond acceptors (Lipinski definition) is 5. The van der Waals surface area contributed by atoms with Crippen LogP contribution in [0.1, 0.15) is 18.6 Å². The van der Waals surface area contributed by atoms with E-state index in [0.29, 0.717) is 28.7 Å². The minimum absolute atomic E-state index is 0.359. The van der Waals surface area contributed by atoms with Gasteiger partial charge in [0.2, 0.25) is 5.88 Å². The van der Waals surface area contributed by atoms with Crippen LogP contribution in [-0.2, 0) is 0 Å². The van der Waals surface area contributed by atoms with Gasteiger partial charge in [-0.15, -0.1) is 0 Å². The number of ether oxygens (including phenoxy) is 3. The van der Waals surface area contributed by atoms with E-state index in [0.717, 1.165) is 0 Å². The molecule has 106 valence electrons. The van der Waals surface area contributed by atoms with Gasteiger partial charge in [0.25, 0.3) is 0 Å². The number of rotatable bonds is 5. The normalized spacial score (nSPS) is 11.8. The second-order valence-electron chi connectivity index (χ2n) is 4.22. The standard InChI is InChI=1S/C15H17NO4/c1-10(17)14-5-4-6-16-15(14)20-13-8-11(18-2)7-12(9-13)19-3/h4-10,17H,1-3H3/t10-/m1/s1. The van der Waals surface area contributed by atoms with E-state index in [2.05, 4.69) is 4.98 Å². The lowest BCUT2D eigenvalue weighted by Crippen LogP contribution is -1.98. The molecule has 2 rings (SSSR count). The van der Waals surface area contributed by atoms with E-state index in [1.54, 1.807) is 57.7 Å². The van der Waals surface area contributed by atoms with Crippen molar-refractivity contribution in [3.05, 3.63) is 42.1 Å². The zero-order valence-corrected chi connectivity index (χ0v) is 11.7. The molecule has 0 fully saturated rings. The first-order chi connectivity index (χ1) is 9.63. The maximum Gasteiger partial charge on any atom is 0.225 e. The van der Waals surface area contributed by atoms with E-state index in [1.807, 2.05) is 0 Å². The third-order valence-electron chi connectivity index (χ3n) is 2.79. The van der Waals surface area contributed by atoms with Crippen LogP contribution in [0, 0.1) is 0 Å². The van der Waals surface area contributed by atoms with Gasteiger partial charge < -0.3 is 19.3 Å². The zero-order chi connectivity index (χ0) is 14.5. The van der Waals surface area contributed by atoms with Gasteiger partial charge in [-0.05, 0) is 19.1 Å². The maximum atomic E-state index is 9.71. The molecular formula is C15H17NO4. The Labute approximate surface area is 117 Å². The van der Waals surface area contributed by atoms with Crippen molar-refractivity contribution >= 4 is 0 Å². The molecule has 0 radical (unpaired) electrons. The van der Waals surface area contributed by atoms with E-state index >= 15 is 0 Å². The highest BCUT2D eigenvalue weighted by atomic mass is 16.5. The van der Waals surface area contributed by atoms with Gasteiger partial charge in [0.15, 0.2) is 0 Å². The molecule has 0 aliphatic heterocycles. The van der Waals surface area contributed by atoms with Gasteiger partial charge in [-0.25, -0.2) is 4.98 Å². The molecule has 0 aliphatic rings. The predicted octanol–water partition coefficient (Wildman–Crippen LogP) is 2.94. The second kappa shape index (κ2) is 6.25. The number of benzene rings is 1. The van der Waals surface area contributed by atoms with Crippen LogP contribution < -0.4 is 14.2 Å². The maximum absolute atomic E-state index is 9.71. The molecule has 1 heterocycles. The van der Waals surface area contributed by atoms with Crippen molar-refractivity contribution in [3.63, 3.8) is 0 Å². The molecule has 1 aromatic heterocycles. The lowest BCUT2D eigenvalue weighted by Gasteiger charge is -2.13. The fourth-order valence-corrected chi connectivity index (χ4v) is 1.76. The molecule has 1 N–H and O–H groups in total. The van der Waals surface area contributed by atoms with Crippen molar-refractivity contribution in [2.45, 2.75) is 13.0 Å². The summed E-state index contributed by atoms with van der Waals surface area (Å²) in [5, 5.41) is 9.71. The van der Waals surface area contributed by atoms with Crippen LogP contribution in [0.25, 0.3) is 0 Å². The van der Waals surface area contributed by atoms with Crippen LogP contribution in [0.5, 0.6) is 23.1 Å². The van der Waals surface area contributed by atoms with Crippen molar-refractivity contribution < 1.29 is 19.3 Å². The van der Waals surface area contributed by atoms with Gasteiger partial charge in [0, 0.05) is 30.0 Å². The first-order valence-corrected chi connectivity index (χ1v) is 6.18. The largest absolute Gasteiger partial charge is 0.496 e. The molecule has 2 aromatic rings. The van der Waals surface area contributed by atoms with E-state index in [9.17, 15) is 5.11 Å². The molecule has 5 heteroatoms. The monoisotopic (exact) mass is 275 g/mol. The summed E-state index contributed by atoms with van der Waals surface area (Å²) >= 11 is 0. The molecule has 0 unspecified atom stereocenters. The fraction of sp³-hybridized carbons (Fsp3) is 0.267. The number of nitrogens with zero attached hydrogens (tertiary/aromatic N) is 1. The van der Waals surface area contributed by atoms with Crippen LogP contribution in [0.2, 0.25) is 0 Å². The molecule has 5 nitrogen and oxygen atoms in total. The third-order valence-corrected chi connectivity index (χ3v) is 2.79. The molecular weight excluding hydrogens is 258 g/mol. The highest BCUT2D eigenvalue weighted by Gasteiger charge is 2.12. The van der Waals surface area contributed by atoms with Gasteiger partial charge in [-0.1, -0.05) is 0 Å². The SMILES string of the molecule is COc1cc(OC)cc(Oc2ncccc2[C@@H](C)O)c1. The summed E-state index contributed by atoms with van der Waals surface area (Å²) in [5.74, 6) is 2.13. The number of aliphatic hydroxyl groups excluding tert-OH is 1. The average molecular weight is 275 g/mol. The van der Waals surface area contributed by atoms with Crippen LogP contribution in [0.15, 0.2) is 36.5 Å². The summed E-state index contributed by atoms with van der Waals surface area (Å²) in [7, 11) is 3.14. The quantitative estimate of drug-likeness (QED) is 0.909. The molecule has 0 amide bonds. The molecule has 0 saturated heterocycles. The van der Waals surface area contributed by atoms with Crippen LogP contribution in [0.4, 0.5) is 0 Å². The lowest BCUT2D eigenvalue weighted by atomic mass is 10.2. The van der Waals surface area contributed by atoms with Crippen LogP contribution in [0.3, 0.4) is 0 Å². The third kappa shape index (κ3) is 3.19. The smallest absolute Gasteiger partial charge is 0.225 e. The molecule has 0 spiro atoms. The Morgan fingerprint density at radius 2 is 1.65 bits per heavy atom. The Morgan fingerprint density at radius 3 is 2.20 bits per heavy atom. The second-order valence-corrected chi connectivity index (χ2v) is 4.22. The van der Waals surface area contributed by atoms with Crippen molar-refractivity contribution in [1.29, 1.82) is 0 Å². The molecule has 1 atom stereocenters. The Morgan fingerprint density at radius 1 is 1.05 bits per heavy atom. The summed E-state index contributed by atoms with van der Waals surface area (Å²) in [6.07, 6.45) is 0.949. The average Bonchev–Trinajstić information content (AvgIpc) is 2.47. The number of hydrogen-bond donors (Lipinski definition) is 1. The van der Waals surface area contributed by atoms with E-state index in [-0.39, 0.29) is 0 Å². The van der Waals surface area contributed by atoms with Crippen molar-refractivity contribution in [2.75, 3.05) is 14.2 Å². The summed E-state index contributed by atoms with van der Waals surface area (Å²) in [6, 6.07) is 8.72. The Balaban J connectivity index is 2.34. The van der Waals surface area contributed by atoms with E-state index in [4.69, 9.17) is 14.2 Å². The highest BCUT2D eigenvalue weighted by Crippen LogP contribution is 2.32.